The Morgan fingerprint density at radius 3 is 3.00 bits per heavy atom. The van der Waals surface area contributed by atoms with E-state index in [9.17, 15) is 9.90 Å². The van der Waals surface area contributed by atoms with Crippen molar-refractivity contribution in [3.63, 3.8) is 0 Å². The number of carbonyl (C=O) groups is 1. The van der Waals surface area contributed by atoms with E-state index in [1.807, 2.05) is 16.9 Å². The van der Waals surface area contributed by atoms with E-state index in [1.165, 1.54) is 6.07 Å². The molecular weight excluding hydrogens is 310 g/mol. The van der Waals surface area contributed by atoms with Gasteiger partial charge in [0, 0.05) is 30.0 Å². The number of carbonyl (C=O) groups excluding carboxylic acids is 1. The van der Waals surface area contributed by atoms with E-state index in [1.54, 1.807) is 18.3 Å². The maximum absolute atomic E-state index is 11.8. The Morgan fingerprint density at radius 1 is 1.47 bits per heavy atom. The maximum atomic E-state index is 11.8. The molecule has 0 unspecified atom stereocenters. The molecule has 19 heavy (non-hydrogen) atoms. The second kappa shape index (κ2) is 6.38. The predicted octanol–water partition coefficient (Wildman–Crippen LogP) is 2.17. The monoisotopic (exact) mass is 323 g/mol. The number of hydrogen-bond donors (Lipinski definition) is 2. The van der Waals surface area contributed by atoms with Gasteiger partial charge in [-0.25, -0.2) is 0 Å². The van der Waals surface area contributed by atoms with Crippen molar-refractivity contribution in [3.05, 3.63) is 46.7 Å². The van der Waals surface area contributed by atoms with Crippen LogP contribution in [0.4, 0.5) is 0 Å². The van der Waals surface area contributed by atoms with E-state index >= 15 is 0 Å². The summed E-state index contributed by atoms with van der Waals surface area (Å²) < 4.78 is 2.55. The molecule has 0 bridgehead atoms. The summed E-state index contributed by atoms with van der Waals surface area (Å²) in [6, 6.07) is 6.66. The van der Waals surface area contributed by atoms with Crippen molar-refractivity contribution in [2.75, 3.05) is 6.54 Å². The molecule has 0 aliphatic rings. The first-order valence-electron chi connectivity index (χ1n) is 5.91. The SMILES string of the molecule is O=C(NCCCn1cccn1)c1ccc(Br)cc1O. The van der Waals surface area contributed by atoms with Gasteiger partial charge in [-0.3, -0.25) is 9.48 Å². The average molecular weight is 324 g/mol. The number of rotatable bonds is 5. The fourth-order valence-electron chi connectivity index (χ4n) is 1.67. The molecule has 1 aromatic carbocycles. The summed E-state index contributed by atoms with van der Waals surface area (Å²) in [4.78, 5) is 11.8. The minimum absolute atomic E-state index is 0.0287. The summed E-state index contributed by atoms with van der Waals surface area (Å²) in [5.74, 6) is -0.301. The molecule has 0 atom stereocenters. The molecule has 0 aliphatic carbocycles. The second-order valence-electron chi connectivity index (χ2n) is 4.04. The van der Waals surface area contributed by atoms with Crippen LogP contribution in [0, 0.1) is 0 Å². The number of phenols is 1. The lowest BCUT2D eigenvalue weighted by Crippen LogP contribution is -2.25. The third kappa shape index (κ3) is 3.82. The van der Waals surface area contributed by atoms with Crippen LogP contribution in [0.5, 0.6) is 5.75 Å². The molecule has 1 aromatic heterocycles. The molecule has 0 aliphatic heterocycles. The van der Waals surface area contributed by atoms with Gasteiger partial charge in [0.2, 0.25) is 0 Å². The highest BCUT2D eigenvalue weighted by atomic mass is 79.9. The van der Waals surface area contributed by atoms with Crippen LogP contribution in [0.1, 0.15) is 16.8 Å². The normalized spacial score (nSPS) is 10.4. The Labute approximate surface area is 119 Å². The number of aryl methyl sites for hydroxylation is 1. The lowest BCUT2D eigenvalue weighted by molar-refractivity contribution is 0.0950. The van der Waals surface area contributed by atoms with Crippen molar-refractivity contribution >= 4 is 21.8 Å². The third-order valence-corrected chi connectivity index (χ3v) is 3.11. The second-order valence-corrected chi connectivity index (χ2v) is 4.96. The highest BCUT2D eigenvalue weighted by molar-refractivity contribution is 9.10. The number of hydrogen-bond acceptors (Lipinski definition) is 3. The predicted molar refractivity (Wildman–Crippen MR) is 75.0 cm³/mol. The van der Waals surface area contributed by atoms with Crippen LogP contribution in [0.2, 0.25) is 0 Å². The van der Waals surface area contributed by atoms with E-state index in [4.69, 9.17) is 0 Å². The zero-order chi connectivity index (χ0) is 13.7. The van der Waals surface area contributed by atoms with Crippen LogP contribution in [0.25, 0.3) is 0 Å². The Kier molecular flexibility index (Phi) is 4.57. The lowest BCUT2D eigenvalue weighted by atomic mass is 10.2. The highest BCUT2D eigenvalue weighted by Crippen LogP contribution is 2.21. The molecule has 1 heterocycles. The van der Waals surface area contributed by atoms with E-state index in [0.29, 0.717) is 6.54 Å². The number of nitrogens with one attached hydrogen (secondary N) is 1. The van der Waals surface area contributed by atoms with Crippen molar-refractivity contribution in [2.45, 2.75) is 13.0 Å². The van der Waals surface area contributed by atoms with Crippen molar-refractivity contribution in [2.24, 2.45) is 0 Å². The molecule has 0 saturated heterocycles. The van der Waals surface area contributed by atoms with Gasteiger partial charge in [0.1, 0.15) is 5.75 Å². The first kappa shape index (κ1) is 13.6. The standard InChI is InChI=1S/C13H14BrN3O2/c14-10-3-4-11(12(18)9-10)13(19)15-5-1-7-17-8-2-6-16-17/h2-4,6,8-9,18H,1,5,7H2,(H,15,19). The number of aromatic nitrogens is 2. The van der Waals surface area contributed by atoms with Crippen LogP contribution in [-0.2, 0) is 6.54 Å². The van der Waals surface area contributed by atoms with Crippen LogP contribution < -0.4 is 5.32 Å². The summed E-state index contributed by atoms with van der Waals surface area (Å²) in [6.07, 6.45) is 4.38. The largest absolute Gasteiger partial charge is 0.507 e. The highest BCUT2D eigenvalue weighted by Gasteiger charge is 2.10. The molecule has 100 valence electrons. The van der Waals surface area contributed by atoms with Crippen molar-refractivity contribution < 1.29 is 9.90 Å². The van der Waals surface area contributed by atoms with Crippen LogP contribution >= 0.6 is 15.9 Å². The molecule has 5 nitrogen and oxygen atoms in total. The van der Waals surface area contributed by atoms with E-state index in [0.717, 1.165) is 17.4 Å². The maximum Gasteiger partial charge on any atom is 0.255 e. The van der Waals surface area contributed by atoms with Gasteiger partial charge in [-0.2, -0.15) is 5.10 Å². The van der Waals surface area contributed by atoms with E-state index in [2.05, 4.69) is 26.3 Å². The minimum Gasteiger partial charge on any atom is -0.507 e. The summed E-state index contributed by atoms with van der Waals surface area (Å²) in [7, 11) is 0. The minimum atomic E-state index is -0.273. The lowest BCUT2D eigenvalue weighted by Gasteiger charge is -2.07. The fourth-order valence-corrected chi connectivity index (χ4v) is 2.02. The summed E-state index contributed by atoms with van der Waals surface area (Å²) in [5.41, 5.74) is 0.280. The van der Waals surface area contributed by atoms with Gasteiger partial charge in [0.25, 0.3) is 5.91 Å². The van der Waals surface area contributed by atoms with Gasteiger partial charge < -0.3 is 10.4 Å². The Hall–Kier alpha value is -1.82. The summed E-state index contributed by atoms with van der Waals surface area (Å²) >= 11 is 3.23. The van der Waals surface area contributed by atoms with Gasteiger partial charge in [0.15, 0.2) is 0 Å². The molecule has 2 aromatic rings. The van der Waals surface area contributed by atoms with Gasteiger partial charge >= 0.3 is 0 Å². The van der Waals surface area contributed by atoms with Crippen LogP contribution in [0.15, 0.2) is 41.1 Å². The molecular formula is C13H14BrN3O2. The van der Waals surface area contributed by atoms with E-state index < -0.39 is 0 Å². The number of phenolic OH excluding ortho intramolecular Hbond substituents is 1. The van der Waals surface area contributed by atoms with E-state index in [-0.39, 0.29) is 17.2 Å². The third-order valence-electron chi connectivity index (χ3n) is 2.61. The molecule has 1 amide bonds. The summed E-state index contributed by atoms with van der Waals surface area (Å²) in [5, 5.41) is 16.5. The molecule has 6 heteroatoms. The molecule has 0 saturated carbocycles. The molecule has 2 N–H and O–H groups in total. The summed E-state index contributed by atoms with van der Waals surface area (Å²) in [6.45, 7) is 1.29. The average Bonchev–Trinajstić information content (AvgIpc) is 2.87. The topological polar surface area (TPSA) is 67.2 Å². The molecule has 0 spiro atoms. The number of amides is 1. The Bertz CT molecular complexity index is 555. The first-order valence-corrected chi connectivity index (χ1v) is 6.70. The van der Waals surface area contributed by atoms with Gasteiger partial charge in [0.05, 0.1) is 5.56 Å². The quantitative estimate of drug-likeness (QED) is 0.829. The zero-order valence-electron chi connectivity index (χ0n) is 10.2. The van der Waals surface area contributed by atoms with Crippen LogP contribution in [-0.4, -0.2) is 27.3 Å². The van der Waals surface area contributed by atoms with Gasteiger partial charge in [-0.15, -0.1) is 0 Å². The Balaban J connectivity index is 1.81. The first-order chi connectivity index (χ1) is 9.16. The van der Waals surface area contributed by atoms with Crippen molar-refractivity contribution in [3.8, 4) is 5.75 Å². The Morgan fingerprint density at radius 2 is 2.32 bits per heavy atom. The van der Waals surface area contributed by atoms with Crippen molar-refractivity contribution in [1.29, 1.82) is 0 Å². The smallest absolute Gasteiger partial charge is 0.255 e. The molecule has 0 radical (unpaired) electrons. The van der Waals surface area contributed by atoms with Gasteiger partial charge in [-0.05, 0) is 30.7 Å². The van der Waals surface area contributed by atoms with Crippen molar-refractivity contribution in [1.82, 2.24) is 15.1 Å². The van der Waals surface area contributed by atoms with Crippen LogP contribution in [0.3, 0.4) is 0 Å². The molecule has 0 fully saturated rings. The zero-order valence-corrected chi connectivity index (χ0v) is 11.8. The number of aromatic hydroxyl groups is 1. The molecule has 2 rings (SSSR count). The van der Waals surface area contributed by atoms with Gasteiger partial charge in [-0.1, -0.05) is 15.9 Å². The number of nitrogens with zero attached hydrogens (tertiary/aromatic N) is 2. The fraction of sp³-hybridized carbons (Fsp3) is 0.231. The number of benzene rings is 1. The number of halogens is 1.